The van der Waals surface area contributed by atoms with E-state index in [1.807, 2.05) is 31.2 Å². The van der Waals surface area contributed by atoms with E-state index in [4.69, 9.17) is 4.74 Å². The molecule has 1 aliphatic carbocycles. The molecule has 3 N–H and O–H groups in total. The zero-order chi connectivity index (χ0) is 30.0. The van der Waals surface area contributed by atoms with E-state index in [2.05, 4.69) is 17.6 Å². The van der Waals surface area contributed by atoms with Gasteiger partial charge in [-0.1, -0.05) is 69.5 Å². The van der Waals surface area contributed by atoms with E-state index < -0.39 is 23.8 Å². The third-order valence-corrected chi connectivity index (χ3v) is 7.33. The van der Waals surface area contributed by atoms with Crippen molar-refractivity contribution in [1.29, 1.82) is 0 Å². The van der Waals surface area contributed by atoms with Gasteiger partial charge >= 0.3 is 6.09 Å². The molecule has 0 aliphatic heterocycles. The van der Waals surface area contributed by atoms with Crippen LogP contribution < -0.4 is 10.6 Å². The number of phenolic OH excluding ortho intramolecular Hbond substituents is 1. The van der Waals surface area contributed by atoms with Crippen LogP contribution in [0.2, 0.25) is 0 Å². The van der Waals surface area contributed by atoms with Gasteiger partial charge in [-0.2, -0.15) is 0 Å². The summed E-state index contributed by atoms with van der Waals surface area (Å²) in [5, 5.41) is 15.8. The number of nitrogens with zero attached hydrogens (tertiary/aromatic N) is 1. The predicted molar refractivity (Wildman–Crippen MR) is 161 cm³/mol. The van der Waals surface area contributed by atoms with Crippen molar-refractivity contribution in [2.24, 2.45) is 0 Å². The zero-order valence-corrected chi connectivity index (χ0v) is 25.2. The van der Waals surface area contributed by atoms with E-state index in [-0.39, 0.29) is 30.0 Å². The minimum atomic E-state index is -0.985. The first kappa shape index (κ1) is 32.0. The molecule has 2 unspecified atom stereocenters. The maximum absolute atomic E-state index is 14.4. The predicted octanol–water partition coefficient (Wildman–Crippen LogP) is 5.82. The summed E-state index contributed by atoms with van der Waals surface area (Å²) in [5.41, 5.74) is 1.88. The summed E-state index contributed by atoms with van der Waals surface area (Å²) in [7, 11) is 0. The number of benzene rings is 2. The van der Waals surface area contributed by atoms with Crippen LogP contribution in [0.1, 0.15) is 95.9 Å². The molecule has 224 valence electrons. The number of amides is 3. The Morgan fingerprint density at radius 2 is 1.56 bits per heavy atom. The molecule has 41 heavy (non-hydrogen) atoms. The van der Waals surface area contributed by atoms with Crippen LogP contribution in [-0.4, -0.2) is 52.1 Å². The van der Waals surface area contributed by atoms with Gasteiger partial charge in [0.05, 0.1) is 0 Å². The molecule has 8 nitrogen and oxygen atoms in total. The number of rotatable bonds is 11. The summed E-state index contributed by atoms with van der Waals surface area (Å²) in [4.78, 5) is 42.8. The second kappa shape index (κ2) is 14.9. The van der Waals surface area contributed by atoms with Crippen molar-refractivity contribution in [1.82, 2.24) is 15.5 Å². The molecule has 1 aliphatic rings. The first-order chi connectivity index (χ1) is 19.5. The molecule has 0 saturated heterocycles. The third-order valence-electron chi connectivity index (χ3n) is 7.33. The van der Waals surface area contributed by atoms with Crippen LogP contribution in [-0.2, 0) is 27.2 Å². The Morgan fingerprint density at radius 3 is 2.12 bits per heavy atom. The Hall–Kier alpha value is -3.55. The Kier molecular flexibility index (Phi) is 11.6. The highest BCUT2D eigenvalue weighted by Gasteiger charge is 2.36. The maximum atomic E-state index is 14.4. The van der Waals surface area contributed by atoms with Crippen molar-refractivity contribution in [2.75, 3.05) is 6.54 Å². The lowest BCUT2D eigenvalue weighted by Crippen LogP contribution is -2.54. The second-order valence-electron chi connectivity index (χ2n) is 11.9. The average molecular weight is 566 g/mol. The summed E-state index contributed by atoms with van der Waals surface area (Å²) < 4.78 is 5.49. The van der Waals surface area contributed by atoms with Gasteiger partial charge in [-0.05, 0) is 75.3 Å². The van der Waals surface area contributed by atoms with E-state index >= 15 is 0 Å². The molecule has 2 atom stereocenters. The third kappa shape index (κ3) is 9.80. The van der Waals surface area contributed by atoms with Gasteiger partial charge in [-0.3, -0.25) is 9.59 Å². The lowest BCUT2D eigenvalue weighted by atomic mass is 9.94. The fourth-order valence-electron chi connectivity index (χ4n) is 5.26. The standard InChI is InChI=1S/C33H47N3O5/c1-6-21-36(29(25-17-13-23(7-2)14-18-25)30(38)34-26-11-9-8-10-12-26)31(39)28(35-32(40)41-33(3,4)5)22-24-15-19-27(37)20-16-24/h13-20,26,28-29,37H,6-12,21-22H2,1-5H3,(H,34,38)(H,35,40). The number of hydrogen-bond donors (Lipinski definition) is 3. The summed E-state index contributed by atoms with van der Waals surface area (Å²) >= 11 is 0. The molecule has 0 heterocycles. The van der Waals surface area contributed by atoms with Gasteiger partial charge in [0.2, 0.25) is 11.8 Å². The number of hydrogen-bond acceptors (Lipinski definition) is 5. The van der Waals surface area contributed by atoms with E-state index in [1.54, 1.807) is 49.9 Å². The van der Waals surface area contributed by atoms with Gasteiger partial charge in [0.25, 0.3) is 0 Å². The topological polar surface area (TPSA) is 108 Å². The highest BCUT2D eigenvalue weighted by molar-refractivity contribution is 5.92. The van der Waals surface area contributed by atoms with Gasteiger partial charge < -0.3 is 25.4 Å². The molecule has 0 bridgehead atoms. The van der Waals surface area contributed by atoms with Gasteiger partial charge in [-0.25, -0.2) is 4.79 Å². The Labute approximate surface area is 244 Å². The molecule has 0 spiro atoms. The minimum absolute atomic E-state index is 0.0833. The number of phenols is 1. The van der Waals surface area contributed by atoms with Crippen molar-refractivity contribution in [3.8, 4) is 5.75 Å². The molecule has 3 amide bonds. The minimum Gasteiger partial charge on any atom is -0.508 e. The molecule has 0 aromatic heterocycles. The van der Waals surface area contributed by atoms with Gasteiger partial charge in [-0.15, -0.1) is 0 Å². The molecular weight excluding hydrogens is 518 g/mol. The summed E-state index contributed by atoms with van der Waals surface area (Å²) in [6.07, 6.45) is 6.14. The quantitative estimate of drug-likeness (QED) is 0.318. The van der Waals surface area contributed by atoms with Crippen molar-refractivity contribution >= 4 is 17.9 Å². The number of carbonyl (C=O) groups is 3. The normalized spacial score (nSPS) is 15.4. The van der Waals surface area contributed by atoms with E-state index in [1.165, 1.54) is 6.42 Å². The fraction of sp³-hybridized carbons (Fsp3) is 0.545. The molecule has 2 aromatic carbocycles. The molecule has 2 aromatic rings. The van der Waals surface area contributed by atoms with Gasteiger partial charge in [0, 0.05) is 19.0 Å². The maximum Gasteiger partial charge on any atom is 0.408 e. The van der Waals surface area contributed by atoms with Crippen molar-refractivity contribution in [3.05, 3.63) is 65.2 Å². The lowest BCUT2D eigenvalue weighted by Gasteiger charge is -2.35. The fourth-order valence-corrected chi connectivity index (χ4v) is 5.26. The molecule has 0 radical (unpaired) electrons. The van der Waals surface area contributed by atoms with Crippen LogP contribution in [0.4, 0.5) is 4.79 Å². The zero-order valence-electron chi connectivity index (χ0n) is 25.2. The van der Waals surface area contributed by atoms with Crippen molar-refractivity contribution < 1.29 is 24.2 Å². The average Bonchev–Trinajstić information content (AvgIpc) is 2.93. The van der Waals surface area contributed by atoms with Crippen LogP contribution in [0.3, 0.4) is 0 Å². The molecule has 3 rings (SSSR count). The van der Waals surface area contributed by atoms with E-state index in [0.29, 0.717) is 13.0 Å². The number of alkyl carbamates (subject to hydrolysis) is 1. The smallest absolute Gasteiger partial charge is 0.408 e. The number of ether oxygens (including phenoxy) is 1. The summed E-state index contributed by atoms with van der Waals surface area (Å²) in [6.45, 7) is 9.66. The molecule has 1 fully saturated rings. The lowest BCUT2D eigenvalue weighted by molar-refractivity contribution is -0.142. The molecule has 1 saturated carbocycles. The first-order valence-corrected chi connectivity index (χ1v) is 15.0. The van der Waals surface area contributed by atoms with Crippen LogP contribution >= 0.6 is 0 Å². The van der Waals surface area contributed by atoms with E-state index in [9.17, 15) is 19.5 Å². The second-order valence-corrected chi connectivity index (χ2v) is 11.9. The highest BCUT2D eigenvalue weighted by atomic mass is 16.6. The SMILES string of the molecule is CCCN(C(=O)C(Cc1ccc(O)cc1)NC(=O)OC(C)(C)C)C(C(=O)NC1CCCCC1)c1ccc(CC)cc1. The number of aromatic hydroxyl groups is 1. The Balaban J connectivity index is 1.99. The molecular formula is C33H47N3O5. The van der Waals surface area contributed by atoms with Crippen molar-refractivity contribution in [3.63, 3.8) is 0 Å². The van der Waals surface area contributed by atoms with Gasteiger partial charge in [0.1, 0.15) is 23.4 Å². The Bertz CT molecular complexity index is 1130. The van der Waals surface area contributed by atoms with E-state index in [0.717, 1.165) is 48.8 Å². The number of carbonyl (C=O) groups excluding carboxylic acids is 3. The van der Waals surface area contributed by atoms with Crippen LogP contribution in [0.25, 0.3) is 0 Å². The highest BCUT2D eigenvalue weighted by Crippen LogP contribution is 2.26. The number of aryl methyl sites for hydroxylation is 1. The monoisotopic (exact) mass is 565 g/mol. The van der Waals surface area contributed by atoms with Crippen molar-refractivity contribution in [2.45, 2.75) is 110 Å². The summed E-state index contributed by atoms with van der Waals surface area (Å²) in [6, 6.07) is 12.6. The van der Waals surface area contributed by atoms with Crippen LogP contribution in [0.15, 0.2) is 48.5 Å². The van der Waals surface area contributed by atoms with Crippen LogP contribution in [0.5, 0.6) is 5.75 Å². The molecule has 8 heteroatoms. The summed E-state index contributed by atoms with van der Waals surface area (Å²) in [5.74, 6) is -0.461. The largest absolute Gasteiger partial charge is 0.508 e. The Morgan fingerprint density at radius 1 is 0.951 bits per heavy atom. The van der Waals surface area contributed by atoms with Gasteiger partial charge in [0.15, 0.2) is 0 Å². The first-order valence-electron chi connectivity index (χ1n) is 15.0. The van der Waals surface area contributed by atoms with Crippen LogP contribution in [0, 0.1) is 0 Å². The number of nitrogens with one attached hydrogen (secondary N) is 2.